The highest BCUT2D eigenvalue weighted by molar-refractivity contribution is 5.77. The number of amides is 1. The predicted octanol–water partition coefficient (Wildman–Crippen LogP) is 2.92. The van der Waals surface area contributed by atoms with Crippen molar-refractivity contribution in [2.75, 3.05) is 50.8 Å². The van der Waals surface area contributed by atoms with Gasteiger partial charge in [0.05, 0.1) is 0 Å². The van der Waals surface area contributed by atoms with E-state index in [9.17, 15) is 9.59 Å². The summed E-state index contributed by atoms with van der Waals surface area (Å²) in [5.41, 5.74) is 2.17. The Morgan fingerprint density at radius 1 is 0.897 bits per heavy atom. The molecule has 1 aliphatic rings. The zero-order valence-corrected chi connectivity index (χ0v) is 17.0. The van der Waals surface area contributed by atoms with Crippen LogP contribution in [0.2, 0.25) is 0 Å². The third-order valence-corrected chi connectivity index (χ3v) is 5.12. The largest absolute Gasteiger partial charge is 0.465 e. The number of hydrogen-bond donors (Lipinski definition) is 0. The summed E-state index contributed by atoms with van der Waals surface area (Å²) in [6, 6.07) is 20.3. The van der Waals surface area contributed by atoms with E-state index in [1.165, 1.54) is 6.92 Å². The fourth-order valence-corrected chi connectivity index (χ4v) is 3.53. The van der Waals surface area contributed by atoms with Gasteiger partial charge in [-0.1, -0.05) is 36.4 Å². The SMILES string of the molecule is CC(=O)OCCN1CCN(C(=O)CCN(c2ccccc2)c2ccccc2)CC1. The molecule has 6 heteroatoms. The lowest BCUT2D eigenvalue weighted by atomic mass is 10.2. The molecule has 3 rings (SSSR count). The number of carbonyl (C=O) groups excluding carboxylic acids is 2. The third-order valence-electron chi connectivity index (χ3n) is 5.12. The molecule has 1 fully saturated rings. The van der Waals surface area contributed by atoms with E-state index in [-0.39, 0.29) is 11.9 Å². The van der Waals surface area contributed by atoms with Crippen molar-refractivity contribution in [1.29, 1.82) is 0 Å². The molecule has 0 unspecified atom stereocenters. The standard InChI is InChI=1S/C23H29N3O3/c1-20(27)29-19-18-24-14-16-25(17-15-24)23(28)12-13-26(21-8-4-2-5-9-21)22-10-6-3-7-11-22/h2-11H,12-19H2,1H3. The number of benzene rings is 2. The molecule has 29 heavy (non-hydrogen) atoms. The predicted molar refractivity (Wildman–Crippen MR) is 114 cm³/mol. The molecule has 0 N–H and O–H groups in total. The van der Waals surface area contributed by atoms with Crippen LogP contribution in [0.5, 0.6) is 0 Å². The number of ether oxygens (including phenoxy) is 1. The summed E-state index contributed by atoms with van der Waals surface area (Å²) < 4.78 is 5.00. The number of rotatable bonds is 8. The van der Waals surface area contributed by atoms with E-state index < -0.39 is 0 Å². The number of esters is 1. The van der Waals surface area contributed by atoms with E-state index >= 15 is 0 Å². The number of nitrogens with zero attached hydrogens (tertiary/aromatic N) is 3. The molecule has 0 atom stereocenters. The zero-order chi connectivity index (χ0) is 20.5. The van der Waals surface area contributed by atoms with Crippen molar-refractivity contribution in [2.24, 2.45) is 0 Å². The van der Waals surface area contributed by atoms with Gasteiger partial charge in [0.2, 0.25) is 5.91 Å². The Hall–Kier alpha value is -2.86. The molecular weight excluding hydrogens is 366 g/mol. The van der Waals surface area contributed by atoms with Gasteiger partial charge in [-0.15, -0.1) is 0 Å². The van der Waals surface area contributed by atoms with Crippen LogP contribution in [0.1, 0.15) is 13.3 Å². The third kappa shape index (κ3) is 6.32. The molecule has 0 saturated carbocycles. The van der Waals surface area contributed by atoms with Crippen LogP contribution in [0, 0.1) is 0 Å². The summed E-state index contributed by atoms with van der Waals surface area (Å²) in [6.45, 7) is 6.25. The smallest absolute Gasteiger partial charge is 0.302 e. The van der Waals surface area contributed by atoms with E-state index in [0.717, 1.165) is 44.1 Å². The Kier molecular flexibility index (Phi) is 7.64. The molecule has 2 aromatic rings. The van der Waals surface area contributed by atoms with Gasteiger partial charge in [0.15, 0.2) is 0 Å². The lowest BCUT2D eigenvalue weighted by Crippen LogP contribution is -2.49. The maximum atomic E-state index is 12.8. The molecule has 0 aromatic heterocycles. The second-order valence-electron chi connectivity index (χ2n) is 7.14. The monoisotopic (exact) mass is 395 g/mol. The molecule has 0 bridgehead atoms. The lowest BCUT2D eigenvalue weighted by Gasteiger charge is -2.35. The van der Waals surface area contributed by atoms with Crippen LogP contribution in [0.15, 0.2) is 60.7 Å². The molecule has 1 amide bonds. The Bertz CT molecular complexity index is 735. The van der Waals surface area contributed by atoms with E-state index in [2.05, 4.69) is 34.1 Å². The van der Waals surface area contributed by atoms with Crippen molar-refractivity contribution in [2.45, 2.75) is 13.3 Å². The number of para-hydroxylation sites is 2. The molecule has 1 aliphatic heterocycles. The van der Waals surface area contributed by atoms with Crippen LogP contribution in [-0.4, -0.2) is 67.6 Å². The summed E-state index contributed by atoms with van der Waals surface area (Å²) in [4.78, 5) is 30.0. The summed E-state index contributed by atoms with van der Waals surface area (Å²) in [5, 5.41) is 0. The highest BCUT2D eigenvalue weighted by Crippen LogP contribution is 2.25. The second-order valence-corrected chi connectivity index (χ2v) is 7.14. The average Bonchev–Trinajstić information content (AvgIpc) is 2.75. The number of piperazine rings is 1. The van der Waals surface area contributed by atoms with E-state index in [4.69, 9.17) is 4.74 Å². The summed E-state index contributed by atoms with van der Waals surface area (Å²) in [6.07, 6.45) is 0.469. The maximum absolute atomic E-state index is 12.8. The summed E-state index contributed by atoms with van der Waals surface area (Å²) in [7, 11) is 0. The van der Waals surface area contributed by atoms with Crippen LogP contribution in [0.3, 0.4) is 0 Å². The van der Waals surface area contributed by atoms with Gasteiger partial charge in [-0.3, -0.25) is 14.5 Å². The highest BCUT2D eigenvalue weighted by Gasteiger charge is 2.21. The Labute approximate surface area is 172 Å². The molecule has 0 spiro atoms. The fourth-order valence-electron chi connectivity index (χ4n) is 3.53. The first kappa shape index (κ1) is 20.9. The minimum atomic E-state index is -0.250. The number of anilines is 2. The summed E-state index contributed by atoms with van der Waals surface area (Å²) in [5.74, 6) is -0.0679. The first-order chi connectivity index (χ1) is 14.1. The van der Waals surface area contributed by atoms with Crippen molar-refractivity contribution < 1.29 is 14.3 Å². The Morgan fingerprint density at radius 3 is 1.97 bits per heavy atom. The Balaban J connectivity index is 1.51. The van der Waals surface area contributed by atoms with Crippen molar-refractivity contribution in [3.63, 3.8) is 0 Å². The van der Waals surface area contributed by atoms with Gasteiger partial charge in [-0.05, 0) is 24.3 Å². The normalized spacial score (nSPS) is 14.4. The topological polar surface area (TPSA) is 53.1 Å². The van der Waals surface area contributed by atoms with Gasteiger partial charge >= 0.3 is 5.97 Å². The molecule has 1 heterocycles. The minimum absolute atomic E-state index is 0.182. The average molecular weight is 396 g/mol. The summed E-state index contributed by atoms with van der Waals surface area (Å²) >= 11 is 0. The van der Waals surface area contributed by atoms with Gasteiger partial charge in [-0.2, -0.15) is 0 Å². The molecule has 2 aromatic carbocycles. The van der Waals surface area contributed by atoms with Crippen LogP contribution >= 0.6 is 0 Å². The van der Waals surface area contributed by atoms with Crippen molar-refractivity contribution >= 4 is 23.3 Å². The zero-order valence-electron chi connectivity index (χ0n) is 17.0. The van der Waals surface area contributed by atoms with Crippen molar-refractivity contribution in [1.82, 2.24) is 9.80 Å². The molecule has 0 radical (unpaired) electrons. The van der Waals surface area contributed by atoms with E-state index in [1.54, 1.807) is 0 Å². The van der Waals surface area contributed by atoms with Crippen molar-refractivity contribution in [3.8, 4) is 0 Å². The minimum Gasteiger partial charge on any atom is -0.465 e. The van der Waals surface area contributed by atoms with E-state index in [1.807, 2.05) is 41.3 Å². The Morgan fingerprint density at radius 2 is 1.45 bits per heavy atom. The highest BCUT2D eigenvalue weighted by atomic mass is 16.5. The second kappa shape index (κ2) is 10.6. The fraction of sp³-hybridized carbons (Fsp3) is 0.391. The molecule has 1 saturated heterocycles. The number of hydrogen-bond acceptors (Lipinski definition) is 5. The molecule has 6 nitrogen and oxygen atoms in total. The van der Waals surface area contributed by atoms with Gasteiger partial charge in [0.1, 0.15) is 6.61 Å². The number of carbonyl (C=O) groups is 2. The van der Waals surface area contributed by atoms with Gasteiger partial charge in [0.25, 0.3) is 0 Å². The molecule has 154 valence electrons. The van der Waals surface area contributed by atoms with Gasteiger partial charge in [0, 0.05) is 64.0 Å². The lowest BCUT2D eigenvalue weighted by molar-refractivity contribution is -0.141. The van der Waals surface area contributed by atoms with Crippen LogP contribution in [0.4, 0.5) is 11.4 Å². The molecule has 0 aliphatic carbocycles. The van der Waals surface area contributed by atoms with E-state index in [0.29, 0.717) is 19.6 Å². The first-order valence-corrected chi connectivity index (χ1v) is 10.1. The van der Waals surface area contributed by atoms with Crippen LogP contribution in [-0.2, 0) is 14.3 Å². The van der Waals surface area contributed by atoms with Crippen molar-refractivity contribution in [3.05, 3.63) is 60.7 Å². The quantitative estimate of drug-likeness (QED) is 0.644. The first-order valence-electron chi connectivity index (χ1n) is 10.1. The van der Waals surface area contributed by atoms with Gasteiger partial charge in [-0.25, -0.2) is 0 Å². The van der Waals surface area contributed by atoms with Gasteiger partial charge < -0.3 is 14.5 Å². The van der Waals surface area contributed by atoms with Crippen LogP contribution in [0.25, 0.3) is 0 Å². The molecular formula is C23H29N3O3. The maximum Gasteiger partial charge on any atom is 0.302 e. The van der Waals surface area contributed by atoms with Crippen LogP contribution < -0.4 is 4.90 Å².